The molecule has 0 atom stereocenters. The van der Waals surface area contributed by atoms with Gasteiger partial charge in [-0.15, -0.1) is 0 Å². The van der Waals surface area contributed by atoms with Crippen molar-refractivity contribution in [2.75, 3.05) is 0 Å². The zero-order valence-corrected chi connectivity index (χ0v) is 9.44. The molecule has 3 aromatic rings. The molecule has 0 saturated carbocycles. The van der Waals surface area contributed by atoms with E-state index in [1.807, 2.05) is 19.1 Å². The third-order valence-electron chi connectivity index (χ3n) is 2.52. The molecular weight excluding hydrogens is 204 g/mol. The molecule has 0 radical (unpaired) electrons. The standard InChI is InChI=1S/C12H12N2O2/c1-6(2)12-14-9-5-10-8(4-11(9)16-12)13-7(3)15-10/h4-6H,1-3H3. The number of aromatic nitrogens is 2. The van der Waals surface area contributed by atoms with Crippen molar-refractivity contribution in [2.24, 2.45) is 0 Å². The van der Waals surface area contributed by atoms with Crippen molar-refractivity contribution in [1.29, 1.82) is 0 Å². The summed E-state index contributed by atoms with van der Waals surface area (Å²) in [7, 11) is 0. The summed E-state index contributed by atoms with van der Waals surface area (Å²) in [6.07, 6.45) is 0. The van der Waals surface area contributed by atoms with E-state index in [1.54, 1.807) is 0 Å². The van der Waals surface area contributed by atoms with Crippen molar-refractivity contribution in [3.63, 3.8) is 0 Å². The van der Waals surface area contributed by atoms with Gasteiger partial charge in [0.05, 0.1) is 0 Å². The van der Waals surface area contributed by atoms with Gasteiger partial charge in [0.15, 0.2) is 22.9 Å². The topological polar surface area (TPSA) is 52.1 Å². The minimum atomic E-state index is 0.286. The summed E-state index contributed by atoms with van der Waals surface area (Å²) in [5.74, 6) is 1.69. The summed E-state index contributed by atoms with van der Waals surface area (Å²) in [5.41, 5.74) is 3.17. The number of hydrogen-bond donors (Lipinski definition) is 0. The molecule has 0 bridgehead atoms. The van der Waals surface area contributed by atoms with Gasteiger partial charge in [0.1, 0.15) is 11.0 Å². The predicted octanol–water partition coefficient (Wildman–Crippen LogP) is 3.40. The molecule has 2 aromatic heterocycles. The van der Waals surface area contributed by atoms with Gasteiger partial charge < -0.3 is 8.83 Å². The summed E-state index contributed by atoms with van der Waals surface area (Å²) < 4.78 is 11.1. The van der Waals surface area contributed by atoms with Gasteiger partial charge in [0.25, 0.3) is 0 Å². The molecule has 4 nitrogen and oxygen atoms in total. The normalized spacial score (nSPS) is 12.0. The van der Waals surface area contributed by atoms with E-state index in [0.29, 0.717) is 5.89 Å². The van der Waals surface area contributed by atoms with E-state index in [0.717, 1.165) is 28.1 Å². The molecule has 0 unspecified atom stereocenters. The van der Waals surface area contributed by atoms with E-state index in [4.69, 9.17) is 8.83 Å². The van der Waals surface area contributed by atoms with Crippen LogP contribution in [0.5, 0.6) is 0 Å². The largest absolute Gasteiger partial charge is 0.441 e. The second-order valence-electron chi connectivity index (χ2n) is 4.23. The fourth-order valence-electron chi connectivity index (χ4n) is 1.73. The Labute approximate surface area is 92.3 Å². The van der Waals surface area contributed by atoms with Crippen molar-refractivity contribution < 1.29 is 8.83 Å². The lowest BCUT2D eigenvalue weighted by molar-refractivity contribution is 0.501. The van der Waals surface area contributed by atoms with Crippen LogP contribution in [0.1, 0.15) is 31.5 Å². The summed E-state index contributed by atoms with van der Waals surface area (Å²) in [5, 5.41) is 0. The van der Waals surface area contributed by atoms with Crippen LogP contribution >= 0.6 is 0 Å². The van der Waals surface area contributed by atoms with Crippen LogP contribution in [0.15, 0.2) is 21.0 Å². The maximum Gasteiger partial charge on any atom is 0.198 e. The lowest BCUT2D eigenvalue weighted by Gasteiger charge is -1.93. The van der Waals surface area contributed by atoms with E-state index >= 15 is 0 Å². The van der Waals surface area contributed by atoms with Crippen LogP contribution < -0.4 is 0 Å². The Morgan fingerprint density at radius 2 is 1.62 bits per heavy atom. The van der Waals surface area contributed by atoms with Gasteiger partial charge in [0, 0.05) is 25.0 Å². The summed E-state index contributed by atoms with van der Waals surface area (Å²) in [6.45, 7) is 5.93. The van der Waals surface area contributed by atoms with Crippen molar-refractivity contribution in [2.45, 2.75) is 26.7 Å². The van der Waals surface area contributed by atoms with E-state index in [9.17, 15) is 0 Å². The van der Waals surface area contributed by atoms with Gasteiger partial charge in [-0.25, -0.2) is 9.97 Å². The first-order chi connectivity index (χ1) is 7.63. The van der Waals surface area contributed by atoms with E-state index in [-0.39, 0.29) is 5.92 Å². The van der Waals surface area contributed by atoms with Crippen molar-refractivity contribution in [1.82, 2.24) is 9.97 Å². The fourth-order valence-corrected chi connectivity index (χ4v) is 1.73. The number of oxazole rings is 2. The molecular formula is C12H12N2O2. The average Bonchev–Trinajstić information content (AvgIpc) is 2.74. The summed E-state index contributed by atoms with van der Waals surface area (Å²) in [6, 6.07) is 3.75. The lowest BCUT2D eigenvalue weighted by atomic mass is 10.2. The Bertz CT molecular complexity index is 613. The van der Waals surface area contributed by atoms with Crippen molar-refractivity contribution >= 4 is 22.2 Å². The molecule has 0 saturated heterocycles. The number of fused-ring (bicyclic) bond motifs is 2. The monoisotopic (exact) mass is 216 g/mol. The maximum atomic E-state index is 5.65. The zero-order chi connectivity index (χ0) is 11.3. The van der Waals surface area contributed by atoms with Crippen LogP contribution in [-0.2, 0) is 0 Å². The van der Waals surface area contributed by atoms with Crippen LogP contribution in [0.3, 0.4) is 0 Å². The molecule has 0 N–H and O–H groups in total. The molecule has 4 heteroatoms. The highest BCUT2D eigenvalue weighted by Crippen LogP contribution is 2.26. The van der Waals surface area contributed by atoms with Gasteiger partial charge in [0.2, 0.25) is 0 Å². The van der Waals surface area contributed by atoms with E-state index in [1.165, 1.54) is 0 Å². The van der Waals surface area contributed by atoms with Crippen molar-refractivity contribution in [3.05, 3.63) is 23.9 Å². The number of hydrogen-bond acceptors (Lipinski definition) is 4. The Kier molecular flexibility index (Phi) is 1.80. The average molecular weight is 216 g/mol. The molecule has 1 aromatic carbocycles. The molecule has 0 aliphatic rings. The molecule has 0 fully saturated rings. The third kappa shape index (κ3) is 1.30. The molecule has 0 aliphatic heterocycles. The van der Waals surface area contributed by atoms with E-state index < -0.39 is 0 Å². The number of aryl methyl sites for hydroxylation is 1. The predicted molar refractivity (Wildman–Crippen MR) is 60.4 cm³/mol. The maximum absolute atomic E-state index is 5.65. The van der Waals surface area contributed by atoms with Gasteiger partial charge in [-0.1, -0.05) is 13.8 Å². The summed E-state index contributed by atoms with van der Waals surface area (Å²) >= 11 is 0. The first-order valence-corrected chi connectivity index (χ1v) is 5.31. The van der Waals surface area contributed by atoms with Crippen LogP contribution in [0.2, 0.25) is 0 Å². The Morgan fingerprint density at radius 1 is 1.00 bits per heavy atom. The first-order valence-electron chi connectivity index (χ1n) is 5.31. The van der Waals surface area contributed by atoms with Crippen LogP contribution in [-0.4, -0.2) is 9.97 Å². The number of rotatable bonds is 1. The number of nitrogens with zero attached hydrogens (tertiary/aromatic N) is 2. The van der Waals surface area contributed by atoms with Crippen LogP contribution in [0, 0.1) is 6.92 Å². The fraction of sp³-hybridized carbons (Fsp3) is 0.333. The smallest absolute Gasteiger partial charge is 0.198 e. The molecule has 3 rings (SSSR count). The molecule has 0 amide bonds. The van der Waals surface area contributed by atoms with Gasteiger partial charge >= 0.3 is 0 Å². The first kappa shape index (κ1) is 9.39. The van der Waals surface area contributed by atoms with E-state index in [2.05, 4.69) is 23.8 Å². The van der Waals surface area contributed by atoms with Crippen LogP contribution in [0.25, 0.3) is 22.2 Å². The molecule has 16 heavy (non-hydrogen) atoms. The molecule has 0 aliphatic carbocycles. The zero-order valence-electron chi connectivity index (χ0n) is 9.44. The minimum absolute atomic E-state index is 0.286. The van der Waals surface area contributed by atoms with Crippen molar-refractivity contribution in [3.8, 4) is 0 Å². The number of benzene rings is 1. The third-order valence-corrected chi connectivity index (χ3v) is 2.52. The highest BCUT2D eigenvalue weighted by molar-refractivity contribution is 5.89. The lowest BCUT2D eigenvalue weighted by Crippen LogP contribution is -1.84. The van der Waals surface area contributed by atoms with Gasteiger partial charge in [-0.2, -0.15) is 0 Å². The molecule has 2 heterocycles. The highest BCUT2D eigenvalue weighted by Gasteiger charge is 2.12. The quantitative estimate of drug-likeness (QED) is 0.625. The van der Waals surface area contributed by atoms with Crippen LogP contribution in [0.4, 0.5) is 0 Å². The Balaban J connectivity index is 2.31. The second kappa shape index (κ2) is 3.07. The highest BCUT2D eigenvalue weighted by atomic mass is 16.4. The SMILES string of the molecule is Cc1nc2cc3oc(C(C)C)nc3cc2o1. The molecule has 82 valence electrons. The Morgan fingerprint density at radius 3 is 2.31 bits per heavy atom. The minimum Gasteiger partial charge on any atom is -0.441 e. The second-order valence-corrected chi connectivity index (χ2v) is 4.23. The summed E-state index contributed by atoms with van der Waals surface area (Å²) in [4.78, 5) is 8.68. The molecule has 0 spiro atoms. The Hall–Kier alpha value is -1.84. The van der Waals surface area contributed by atoms with Gasteiger partial charge in [-0.05, 0) is 0 Å². The van der Waals surface area contributed by atoms with Gasteiger partial charge in [-0.3, -0.25) is 0 Å².